The summed E-state index contributed by atoms with van der Waals surface area (Å²) in [6.07, 6.45) is 4.90. The maximum absolute atomic E-state index is 4.18. The molecule has 0 saturated heterocycles. The first kappa shape index (κ1) is 8.78. The fourth-order valence-corrected chi connectivity index (χ4v) is 1.45. The van der Waals surface area contributed by atoms with Crippen molar-refractivity contribution in [1.29, 1.82) is 0 Å². The second kappa shape index (κ2) is 3.58. The van der Waals surface area contributed by atoms with Crippen molar-refractivity contribution in [2.75, 3.05) is 0 Å². The first-order valence-corrected chi connectivity index (χ1v) is 4.75. The van der Waals surface area contributed by atoms with Crippen LogP contribution in [0.5, 0.6) is 0 Å². The predicted octanol–water partition coefficient (Wildman–Crippen LogP) is 1.26. The molecule has 2 N–H and O–H groups in total. The Morgan fingerprint density at radius 2 is 1.38 bits per heavy atom. The van der Waals surface area contributed by atoms with Gasteiger partial charge in [0.25, 0.3) is 0 Å². The van der Waals surface area contributed by atoms with Crippen LogP contribution >= 0.6 is 0 Å². The number of hydrogen-bond acceptors (Lipinski definition) is 4. The van der Waals surface area contributed by atoms with Crippen LogP contribution in [-0.4, -0.2) is 30.4 Å². The second-order valence-corrected chi connectivity index (χ2v) is 3.23. The van der Waals surface area contributed by atoms with Gasteiger partial charge in [-0.2, -0.15) is 10.2 Å². The molecule has 0 aromatic carbocycles. The zero-order valence-electron chi connectivity index (χ0n) is 8.25. The summed E-state index contributed by atoms with van der Waals surface area (Å²) in [6, 6.07) is 5.60. The number of rotatable bonds is 2. The van der Waals surface area contributed by atoms with E-state index in [0.29, 0.717) is 0 Å². The van der Waals surface area contributed by atoms with Gasteiger partial charge in [0, 0.05) is 12.4 Å². The van der Waals surface area contributed by atoms with E-state index >= 15 is 0 Å². The lowest BCUT2D eigenvalue weighted by atomic mass is 10.2. The van der Waals surface area contributed by atoms with Crippen LogP contribution in [0.3, 0.4) is 0 Å². The fourth-order valence-electron chi connectivity index (χ4n) is 1.45. The van der Waals surface area contributed by atoms with Crippen LogP contribution in [0, 0.1) is 0 Å². The minimum absolute atomic E-state index is 0.803. The minimum atomic E-state index is 0.803. The van der Waals surface area contributed by atoms with Crippen LogP contribution in [0.2, 0.25) is 0 Å². The fraction of sp³-hybridized carbons (Fsp3) is 0. The number of aromatic amines is 2. The van der Waals surface area contributed by atoms with Crippen LogP contribution in [-0.2, 0) is 0 Å². The van der Waals surface area contributed by atoms with Crippen molar-refractivity contribution in [3.8, 4) is 22.8 Å². The van der Waals surface area contributed by atoms with Crippen molar-refractivity contribution in [3.05, 3.63) is 36.9 Å². The molecule has 0 saturated carbocycles. The van der Waals surface area contributed by atoms with Crippen molar-refractivity contribution in [2.45, 2.75) is 0 Å². The Hall–Kier alpha value is -2.50. The predicted molar refractivity (Wildman–Crippen MR) is 57.2 cm³/mol. The molecule has 0 fully saturated rings. The molecular weight excluding hydrogens is 204 g/mol. The standard InChI is InChI=1S/C10H8N6/c1-3-13-15-7(1)9-5-10(12-6-11-9)8-2-4-14-16-8/h1-6H,(H,13,15)(H,14,16). The third kappa shape index (κ3) is 1.46. The van der Waals surface area contributed by atoms with Crippen LogP contribution in [0.4, 0.5) is 0 Å². The third-order valence-electron chi connectivity index (χ3n) is 2.22. The van der Waals surface area contributed by atoms with Gasteiger partial charge in [0.2, 0.25) is 0 Å². The second-order valence-electron chi connectivity index (χ2n) is 3.23. The highest BCUT2D eigenvalue weighted by Crippen LogP contribution is 2.18. The molecule has 0 bridgehead atoms. The monoisotopic (exact) mass is 212 g/mol. The van der Waals surface area contributed by atoms with E-state index in [9.17, 15) is 0 Å². The molecule has 0 aliphatic carbocycles. The van der Waals surface area contributed by atoms with Crippen LogP contribution < -0.4 is 0 Å². The first-order valence-electron chi connectivity index (χ1n) is 4.75. The Bertz CT molecular complexity index is 520. The topological polar surface area (TPSA) is 83.1 Å². The van der Waals surface area contributed by atoms with Crippen molar-refractivity contribution < 1.29 is 0 Å². The summed E-state index contributed by atoms with van der Waals surface area (Å²) in [4.78, 5) is 8.35. The molecule has 0 aliphatic heterocycles. The van der Waals surface area contributed by atoms with Crippen LogP contribution in [0.25, 0.3) is 22.8 Å². The summed E-state index contributed by atoms with van der Waals surface area (Å²) in [6.45, 7) is 0. The summed E-state index contributed by atoms with van der Waals surface area (Å²) < 4.78 is 0. The summed E-state index contributed by atoms with van der Waals surface area (Å²) in [5.41, 5.74) is 3.33. The third-order valence-corrected chi connectivity index (χ3v) is 2.22. The largest absolute Gasteiger partial charge is 0.276 e. The Morgan fingerprint density at radius 1 is 0.812 bits per heavy atom. The van der Waals surface area contributed by atoms with Crippen LogP contribution in [0.1, 0.15) is 0 Å². The van der Waals surface area contributed by atoms with Gasteiger partial charge in [-0.05, 0) is 18.2 Å². The lowest BCUT2D eigenvalue weighted by molar-refractivity contribution is 1.06. The van der Waals surface area contributed by atoms with Crippen LogP contribution in [0.15, 0.2) is 36.9 Å². The molecule has 0 atom stereocenters. The first-order chi connectivity index (χ1) is 7.93. The van der Waals surface area contributed by atoms with Gasteiger partial charge >= 0.3 is 0 Å². The van der Waals surface area contributed by atoms with E-state index in [-0.39, 0.29) is 0 Å². The van der Waals surface area contributed by atoms with E-state index in [1.165, 1.54) is 6.33 Å². The molecule has 16 heavy (non-hydrogen) atoms. The molecule has 78 valence electrons. The molecule has 0 aliphatic rings. The highest BCUT2D eigenvalue weighted by molar-refractivity contribution is 5.62. The average Bonchev–Trinajstić information content (AvgIpc) is 3.03. The molecule has 0 amide bonds. The Morgan fingerprint density at radius 3 is 1.81 bits per heavy atom. The zero-order chi connectivity index (χ0) is 10.8. The smallest absolute Gasteiger partial charge is 0.116 e. The van der Waals surface area contributed by atoms with Gasteiger partial charge in [-0.1, -0.05) is 0 Å². The maximum atomic E-state index is 4.18. The summed E-state index contributed by atoms with van der Waals surface area (Å²) in [5, 5.41) is 13.5. The molecule has 3 aromatic heterocycles. The lowest BCUT2D eigenvalue weighted by Gasteiger charge is -1.99. The molecule has 3 aromatic rings. The van der Waals surface area contributed by atoms with Crippen molar-refractivity contribution in [3.63, 3.8) is 0 Å². The molecule has 6 heteroatoms. The van der Waals surface area contributed by atoms with Gasteiger partial charge < -0.3 is 0 Å². The molecule has 3 heterocycles. The number of aromatic nitrogens is 6. The molecule has 6 nitrogen and oxygen atoms in total. The maximum Gasteiger partial charge on any atom is 0.116 e. The van der Waals surface area contributed by atoms with E-state index in [0.717, 1.165) is 22.8 Å². The van der Waals surface area contributed by atoms with Crippen molar-refractivity contribution >= 4 is 0 Å². The summed E-state index contributed by atoms with van der Waals surface area (Å²) in [5.74, 6) is 0. The van der Waals surface area contributed by atoms with Gasteiger partial charge in [0.15, 0.2) is 0 Å². The molecule has 0 spiro atoms. The lowest BCUT2D eigenvalue weighted by Crippen LogP contribution is -1.89. The van der Waals surface area contributed by atoms with Gasteiger partial charge in [0.1, 0.15) is 6.33 Å². The van der Waals surface area contributed by atoms with E-state index < -0.39 is 0 Å². The quantitative estimate of drug-likeness (QED) is 0.669. The van der Waals surface area contributed by atoms with Gasteiger partial charge in [-0.15, -0.1) is 0 Å². The number of nitrogens with one attached hydrogen (secondary N) is 2. The molecule has 0 unspecified atom stereocenters. The van der Waals surface area contributed by atoms with E-state index in [1.54, 1.807) is 12.4 Å². The average molecular weight is 212 g/mol. The number of hydrogen-bond donors (Lipinski definition) is 2. The van der Waals surface area contributed by atoms with E-state index in [4.69, 9.17) is 0 Å². The van der Waals surface area contributed by atoms with E-state index in [1.807, 2.05) is 18.2 Å². The number of nitrogens with zero attached hydrogens (tertiary/aromatic N) is 4. The Labute approximate surface area is 90.8 Å². The Balaban J connectivity index is 2.07. The normalized spacial score (nSPS) is 10.5. The van der Waals surface area contributed by atoms with Gasteiger partial charge in [-0.25, -0.2) is 9.97 Å². The molecule has 0 radical (unpaired) electrons. The number of H-pyrrole nitrogens is 2. The zero-order valence-corrected chi connectivity index (χ0v) is 8.25. The van der Waals surface area contributed by atoms with Crippen molar-refractivity contribution in [2.24, 2.45) is 0 Å². The highest BCUT2D eigenvalue weighted by atomic mass is 15.1. The van der Waals surface area contributed by atoms with Crippen molar-refractivity contribution in [1.82, 2.24) is 30.4 Å². The van der Waals surface area contributed by atoms with Gasteiger partial charge in [0.05, 0.1) is 22.8 Å². The van der Waals surface area contributed by atoms with E-state index in [2.05, 4.69) is 30.4 Å². The highest BCUT2D eigenvalue weighted by Gasteiger charge is 2.05. The molecule has 3 rings (SSSR count). The Kier molecular flexibility index (Phi) is 1.96. The molecular formula is C10H8N6. The van der Waals surface area contributed by atoms with Gasteiger partial charge in [-0.3, -0.25) is 10.2 Å². The summed E-state index contributed by atoms with van der Waals surface area (Å²) in [7, 11) is 0. The summed E-state index contributed by atoms with van der Waals surface area (Å²) >= 11 is 0. The SMILES string of the molecule is c1cc(-c2cc(-c3ccn[nH]3)ncn2)[nH]n1. The minimum Gasteiger partial charge on any atom is -0.276 e.